The molecule has 174 valence electrons. The number of sulfonamides is 1. The number of likely N-dealkylation sites (N-methyl/N-ethyl adjacent to an activating group) is 1. The van der Waals surface area contributed by atoms with Crippen molar-refractivity contribution in [2.75, 3.05) is 7.05 Å². The quantitative estimate of drug-likeness (QED) is 0.691. The van der Waals surface area contributed by atoms with Crippen molar-refractivity contribution in [3.63, 3.8) is 0 Å². The van der Waals surface area contributed by atoms with E-state index >= 15 is 0 Å². The van der Waals surface area contributed by atoms with Gasteiger partial charge in [-0.15, -0.1) is 0 Å². The summed E-state index contributed by atoms with van der Waals surface area (Å²) in [7, 11) is -1.68. The first-order valence-corrected chi connectivity index (χ1v) is 13.7. The molecule has 3 aliphatic carbocycles. The molecule has 0 aromatic heterocycles. The van der Waals surface area contributed by atoms with Gasteiger partial charge in [-0.25, -0.2) is 13.1 Å². The fourth-order valence-electron chi connectivity index (χ4n) is 7.82. The first kappa shape index (κ1) is 22.4. The molecule has 7 atom stereocenters. The van der Waals surface area contributed by atoms with Gasteiger partial charge in [0.1, 0.15) is 0 Å². The van der Waals surface area contributed by atoms with Gasteiger partial charge in [0.15, 0.2) is 0 Å². The molecule has 0 bridgehead atoms. The van der Waals surface area contributed by atoms with Crippen LogP contribution in [-0.4, -0.2) is 38.4 Å². The summed E-state index contributed by atoms with van der Waals surface area (Å²) in [5, 5.41) is 0.429. The highest BCUT2D eigenvalue weighted by Crippen LogP contribution is 2.64. The minimum Gasteiger partial charge on any atom is -0.338 e. The molecule has 5 rings (SSSR count). The molecule has 1 aromatic carbocycles. The second-order valence-corrected chi connectivity index (χ2v) is 13.0. The monoisotopic (exact) mass is 476 g/mol. The van der Waals surface area contributed by atoms with Crippen molar-refractivity contribution in [3.8, 4) is 0 Å². The van der Waals surface area contributed by atoms with Crippen molar-refractivity contribution < 1.29 is 13.2 Å². The predicted octanol–water partition coefficient (Wildman–Crippen LogP) is 4.63. The van der Waals surface area contributed by atoms with Gasteiger partial charge in [-0.1, -0.05) is 37.6 Å². The van der Waals surface area contributed by atoms with Crippen LogP contribution in [0.4, 0.5) is 0 Å². The molecule has 0 saturated heterocycles. The van der Waals surface area contributed by atoms with Crippen molar-refractivity contribution in [2.24, 2.45) is 28.6 Å². The average Bonchev–Trinajstić information content (AvgIpc) is 3.07. The molecule has 3 saturated carbocycles. The van der Waals surface area contributed by atoms with Crippen LogP contribution in [0.5, 0.6) is 0 Å². The van der Waals surface area contributed by atoms with Gasteiger partial charge in [0, 0.05) is 29.6 Å². The Kier molecular flexibility index (Phi) is 5.31. The maximum absolute atomic E-state index is 13.1. The lowest BCUT2D eigenvalue weighted by Crippen LogP contribution is -2.60. The second-order valence-electron chi connectivity index (χ2n) is 10.9. The summed E-state index contributed by atoms with van der Waals surface area (Å²) in [6, 6.07) is 6.70. The second kappa shape index (κ2) is 7.57. The van der Waals surface area contributed by atoms with Gasteiger partial charge in [-0.2, -0.15) is 0 Å². The summed E-state index contributed by atoms with van der Waals surface area (Å²) >= 11 is 6.05. The largest absolute Gasteiger partial charge is 0.338 e. The zero-order valence-electron chi connectivity index (χ0n) is 19.1. The van der Waals surface area contributed by atoms with E-state index in [0.717, 1.165) is 38.5 Å². The Morgan fingerprint density at radius 3 is 2.62 bits per heavy atom. The smallest absolute Gasteiger partial charge is 0.246 e. The lowest BCUT2D eigenvalue weighted by Gasteiger charge is -2.60. The molecule has 1 heterocycles. The Morgan fingerprint density at radius 2 is 1.88 bits per heavy atom. The van der Waals surface area contributed by atoms with Crippen LogP contribution in [0.1, 0.15) is 52.4 Å². The van der Waals surface area contributed by atoms with E-state index < -0.39 is 10.0 Å². The van der Waals surface area contributed by atoms with E-state index in [4.69, 9.17) is 11.6 Å². The van der Waals surface area contributed by atoms with Crippen molar-refractivity contribution in [3.05, 3.63) is 41.4 Å². The summed E-state index contributed by atoms with van der Waals surface area (Å²) in [5.74, 6) is 1.72. The van der Waals surface area contributed by atoms with Gasteiger partial charge >= 0.3 is 0 Å². The zero-order chi connectivity index (χ0) is 22.9. The number of halogens is 1. The average molecular weight is 477 g/mol. The van der Waals surface area contributed by atoms with Crippen LogP contribution >= 0.6 is 11.6 Å². The molecule has 0 spiro atoms. The Hall–Kier alpha value is -1.37. The zero-order valence-corrected chi connectivity index (χ0v) is 20.6. The predicted molar refractivity (Wildman–Crippen MR) is 126 cm³/mol. The van der Waals surface area contributed by atoms with Gasteiger partial charge in [0.05, 0.1) is 4.90 Å². The third kappa shape index (κ3) is 3.28. The number of benzene rings is 1. The highest BCUT2D eigenvalue weighted by molar-refractivity contribution is 7.89. The van der Waals surface area contributed by atoms with Crippen LogP contribution in [-0.2, 0) is 14.8 Å². The van der Waals surface area contributed by atoms with Gasteiger partial charge in [-0.05, 0) is 86.0 Å². The lowest BCUT2D eigenvalue weighted by molar-refractivity contribution is -0.138. The number of rotatable bonds is 3. The number of nitrogens with one attached hydrogen (secondary N) is 1. The minimum atomic E-state index is -3.62. The molecule has 1 amide bonds. The van der Waals surface area contributed by atoms with Crippen LogP contribution in [0.2, 0.25) is 5.02 Å². The lowest BCUT2D eigenvalue weighted by atomic mass is 9.48. The molecule has 32 heavy (non-hydrogen) atoms. The number of hydrogen-bond acceptors (Lipinski definition) is 3. The maximum Gasteiger partial charge on any atom is 0.246 e. The number of carbonyl (C=O) groups excluding carboxylic acids is 1. The van der Waals surface area contributed by atoms with Crippen LogP contribution in [0.25, 0.3) is 0 Å². The number of nitrogens with zero attached hydrogens (tertiary/aromatic N) is 1. The number of amides is 1. The molecular formula is C25H33ClN2O3S. The van der Waals surface area contributed by atoms with E-state index in [1.807, 2.05) is 11.9 Å². The van der Waals surface area contributed by atoms with E-state index in [9.17, 15) is 13.2 Å². The topological polar surface area (TPSA) is 66.5 Å². The van der Waals surface area contributed by atoms with E-state index in [-0.39, 0.29) is 33.7 Å². The third-order valence-corrected chi connectivity index (χ3v) is 11.2. The maximum atomic E-state index is 13.1. The summed E-state index contributed by atoms with van der Waals surface area (Å²) in [4.78, 5) is 14.4. The van der Waals surface area contributed by atoms with Crippen molar-refractivity contribution in [1.82, 2.24) is 9.62 Å². The van der Waals surface area contributed by atoms with Gasteiger partial charge in [0.2, 0.25) is 15.9 Å². The Balaban J connectivity index is 1.40. The molecule has 4 aliphatic rings. The van der Waals surface area contributed by atoms with E-state index in [1.165, 1.54) is 6.07 Å². The molecule has 7 heteroatoms. The van der Waals surface area contributed by atoms with Crippen molar-refractivity contribution >= 4 is 27.5 Å². The standard InChI is InChI=1S/C25H33ClN2O3S/c1-24-13-11-20-18(7-10-22-25(20,2)14-12-23(29)28(22)3)19(24)8-9-21(24)27-32(30,31)17-6-4-5-16(26)15-17/h4-6,12,14-15,18-22,27H,7-11,13H2,1-3H3/t18-,19-,20-,21-,22+,24-,25+/m0/s1. The molecule has 3 fully saturated rings. The number of hydrogen-bond donors (Lipinski definition) is 1. The molecular weight excluding hydrogens is 444 g/mol. The summed E-state index contributed by atoms with van der Waals surface area (Å²) < 4.78 is 29.3. The highest BCUT2D eigenvalue weighted by atomic mass is 35.5. The Bertz CT molecular complexity index is 1070. The Morgan fingerprint density at radius 1 is 1.09 bits per heavy atom. The van der Waals surface area contributed by atoms with Crippen LogP contribution < -0.4 is 4.72 Å². The van der Waals surface area contributed by atoms with Crippen molar-refractivity contribution in [2.45, 2.75) is 69.4 Å². The van der Waals surface area contributed by atoms with Crippen LogP contribution in [0.3, 0.4) is 0 Å². The van der Waals surface area contributed by atoms with Crippen molar-refractivity contribution in [1.29, 1.82) is 0 Å². The molecule has 5 nitrogen and oxygen atoms in total. The minimum absolute atomic E-state index is 0.00524. The summed E-state index contributed by atoms with van der Waals surface area (Å²) in [6.45, 7) is 4.64. The normalized spacial score (nSPS) is 41.2. The molecule has 0 radical (unpaired) electrons. The van der Waals surface area contributed by atoms with Gasteiger partial charge in [0.25, 0.3) is 0 Å². The Labute approximate surface area is 196 Å². The van der Waals surface area contributed by atoms with Crippen LogP contribution in [0.15, 0.2) is 41.3 Å². The number of carbonyl (C=O) groups is 1. The summed E-state index contributed by atoms with van der Waals surface area (Å²) in [6.07, 6.45) is 10.1. The highest BCUT2D eigenvalue weighted by Gasteiger charge is 2.60. The fraction of sp³-hybridized carbons (Fsp3) is 0.640. The number of fused-ring (bicyclic) bond motifs is 5. The third-order valence-electron chi connectivity index (χ3n) is 9.53. The van der Waals surface area contributed by atoms with Gasteiger partial charge < -0.3 is 4.90 Å². The fourth-order valence-corrected chi connectivity index (χ4v) is 9.51. The van der Waals surface area contributed by atoms with E-state index in [2.05, 4.69) is 24.6 Å². The molecule has 1 aromatic rings. The molecule has 0 unspecified atom stereocenters. The van der Waals surface area contributed by atoms with E-state index in [1.54, 1.807) is 24.3 Å². The SMILES string of the molecule is CN1C(=O)C=C[C@]2(C)[C@H]3CC[C@]4(C)[C@@H](NS(=O)(=O)c5cccc(Cl)c5)CC[C@H]4[C@@H]3CC[C@@H]12. The first-order chi connectivity index (χ1) is 15.1. The summed E-state index contributed by atoms with van der Waals surface area (Å²) in [5.41, 5.74) is -0.0403. The van der Waals surface area contributed by atoms with E-state index in [0.29, 0.717) is 22.8 Å². The van der Waals surface area contributed by atoms with Crippen LogP contribution in [0, 0.1) is 28.6 Å². The first-order valence-electron chi connectivity index (χ1n) is 11.8. The molecule has 1 aliphatic heterocycles. The molecule has 1 N–H and O–H groups in total. The van der Waals surface area contributed by atoms with Gasteiger partial charge in [-0.3, -0.25) is 4.79 Å².